The Morgan fingerprint density at radius 2 is 1.88 bits per heavy atom. The van der Waals surface area contributed by atoms with Gasteiger partial charge in [-0.2, -0.15) is 0 Å². The first-order valence-corrected chi connectivity index (χ1v) is 7.95. The van der Waals surface area contributed by atoms with E-state index in [9.17, 15) is 9.59 Å². The van der Waals surface area contributed by atoms with Gasteiger partial charge in [0, 0.05) is 23.6 Å². The predicted molar refractivity (Wildman–Crippen MR) is 93.4 cm³/mol. The fraction of sp³-hybridized carbons (Fsp3) is 0.158. The van der Waals surface area contributed by atoms with Crippen molar-refractivity contribution in [1.82, 2.24) is 15.2 Å². The van der Waals surface area contributed by atoms with Crippen LogP contribution in [-0.2, 0) is 11.3 Å². The summed E-state index contributed by atoms with van der Waals surface area (Å²) in [5, 5.41) is 5.31. The molecule has 0 aliphatic rings. The van der Waals surface area contributed by atoms with Crippen molar-refractivity contribution in [3.05, 3.63) is 78.0 Å². The van der Waals surface area contributed by atoms with Gasteiger partial charge in [0.1, 0.15) is 5.76 Å². The second-order valence-electron chi connectivity index (χ2n) is 5.63. The van der Waals surface area contributed by atoms with Gasteiger partial charge in [0.25, 0.3) is 5.91 Å². The molecule has 2 aromatic heterocycles. The number of rotatable bonds is 6. The second-order valence-corrected chi connectivity index (χ2v) is 5.63. The first kappa shape index (κ1) is 16.6. The summed E-state index contributed by atoms with van der Waals surface area (Å²) in [6.45, 7) is 2.19. The highest BCUT2D eigenvalue weighted by Gasteiger charge is 2.11. The van der Waals surface area contributed by atoms with E-state index in [1.807, 2.05) is 48.1 Å². The van der Waals surface area contributed by atoms with Crippen LogP contribution >= 0.6 is 0 Å². The number of nitrogens with one attached hydrogen (secondary N) is 2. The lowest BCUT2D eigenvalue weighted by Gasteiger charge is -2.10. The lowest BCUT2D eigenvalue weighted by Crippen LogP contribution is -2.36. The summed E-state index contributed by atoms with van der Waals surface area (Å²) in [4.78, 5) is 24.1. The topological polar surface area (TPSA) is 76.3 Å². The molecule has 3 aromatic rings. The molecule has 2 N–H and O–H groups in total. The van der Waals surface area contributed by atoms with Gasteiger partial charge in [-0.25, -0.2) is 0 Å². The molecule has 2 amide bonds. The smallest absolute Gasteiger partial charge is 0.251 e. The summed E-state index contributed by atoms with van der Waals surface area (Å²) in [5.74, 6) is 0.0959. The molecule has 6 nitrogen and oxygen atoms in total. The van der Waals surface area contributed by atoms with Crippen LogP contribution in [0.15, 0.2) is 65.5 Å². The Morgan fingerprint density at radius 3 is 2.60 bits per heavy atom. The summed E-state index contributed by atoms with van der Waals surface area (Å²) >= 11 is 0. The molecule has 128 valence electrons. The average molecular weight is 337 g/mol. The number of aryl methyl sites for hydroxylation is 1. The molecule has 0 bridgehead atoms. The number of benzene rings is 1. The third kappa shape index (κ3) is 4.17. The molecular weight excluding hydrogens is 318 g/mol. The SMILES string of the molecule is Cc1ccc(C(=O)NCC(=O)NCc2ccco2)cc1-n1cccc1. The van der Waals surface area contributed by atoms with Crippen molar-refractivity contribution >= 4 is 11.8 Å². The van der Waals surface area contributed by atoms with Gasteiger partial charge in [0.2, 0.25) is 5.91 Å². The fourth-order valence-electron chi connectivity index (χ4n) is 2.45. The quantitative estimate of drug-likeness (QED) is 0.725. The summed E-state index contributed by atoms with van der Waals surface area (Å²) in [5.41, 5.74) is 2.50. The number of aromatic nitrogens is 1. The van der Waals surface area contributed by atoms with E-state index in [1.165, 1.54) is 0 Å². The van der Waals surface area contributed by atoms with Crippen molar-refractivity contribution in [3.8, 4) is 5.69 Å². The molecule has 6 heteroatoms. The van der Waals surface area contributed by atoms with Gasteiger partial charge >= 0.3 is 0 Å². The number of furan rings is 1. The van der Waals surface area contributed by atoms with Crippen LogP contribution < -0.4 is 10.6 Å². The van der Waals surface area contributed by atoms with Crippen LogP contribution in [0.3, 0.4) is 0 Å². The number of hydrogen-bond acceptors (Lipinski definition) is 3. The zero-order chi connectivity index (χ0) is 17.6. The van der Waals surface area contributed by atoms with E-state index in [1.54, 1.807) is 24.5 Å². The summed E-state index contributed by atoms with van der Waals surface area (Å²) < 4.78 is 7.08. The van der Waals surface area contributed by atoms with Gasteiger partial charge in [0.15, 0.2) is 0 Å². The van der Waals surface area contributed by atoms with Gasteiger partial charge in [0.05, 0.1) is 19.4 Å². The Hall–Kier alpha value is -3.28. The molecule has 0 aliphatic heterocycles. The summed E-state index contributed by atoms with van der Waals surface area (Å²) in [6.07, 6.45) is 5.39. The van der Waals surface area contributed by atoms with Crippen molar-refractivity contribution in [1.29, 1.82) is 0 Å². The van der Waals surface area contributed by atoms with Crippen LogP contribution in [0.5, 0.6) is 0 Å². The van der Waals surface area contributed by atoms with Gasteiger partial charge < -0.3 is 19.6 Å². The Kier molecular flexibility index (Phi) is 4.99. The van der Waals surface area contributed by atoms with Crippen molar-refractivity contribution in [2.45, 2.75) is 13.5 Å². The lowest BCUT2D eigenvalue weighted by atomic mass is 10.1. The first-order valence-electron chi connectivity index (χ1n) is 7.95. The monoisotopic (exact) mass is 337 g/mol. The minimum absolute atomic E-state index is 0.0910. The Balaban J connectivity index is 1.58. The highest BCUT2D eigenvalue weighted by Crippen LogP contribution is 2.16. The van der Waals surface area contributed by atoms with E-state index < -0.39 is 0 Å². The molecule has 0 radical (unpaired) electrons. The van der Waals surface area contributed by atoms with E-state index in [4.69, 9.17) is 4.42 Å². The normalized spacial score (nSPS) is 10.4. The van der Waals surface area contributed by atoms with E-state index in [0.717, 1.165) is 11.3 Å². The number of carbonyl (C=O) groups is 2. The molecule has 25 heavy (non-hydrogen) atoms. The van der Waals surface area contributed by atoms with Gasteiger partial charge in [-0.1, -0.05) is 6.07 Å². The van der Waals surface area contributed by atoms with Crippen LogP contribution in [0.4, 0.5) is 0 Å². The van der Waals surface area contributed by atoms with Gasteiger partial charge in [-0.15, -0.1) is 0 Å². The molecule has 0 saturated heterocycles. The second kappa shape index (κ2) is 7.53. The highest BCUT2D eigenvalue weighted by atomic mass is 16.3. The zero-order valence-corrected chi connectivity index (χ0v) is 13.9. The zero-order valence-electron chi connectivity index (χ0n) is 13.9. The molecule has 3 rings (SSSR count). The van der Waals surface area contributed by atoms with Gasteiger partial charge in [-0.05, 0) is 48.9 Å². The maximum absolute atomic E-state index is 12.3. The molecule has 0 unspecified atom stereocenters. The molecule has 0 spiro atoms. The number of nitrogens with zero attached hydrogens (tertiary/aromatic N) is 1. The van der Waals surface area contributed by atoms with Crippen LogP contribution in [0.2, 0.25) is 0 Å². The fourth-order valence-corrected chi connectivity index (χ4v) is 2.45. The molecule has 1 aromatic carbocycles. The lowest BCUT2D eigenvalue weighted by molar-refractivity contribution is -0.120. The van der Waals surface area contributed by atoms with Crippen molar-refractivity contribution in [2.24, 2.45) is 0 Å². The first-order chi connectivity index (χ1) is 12.1. The van der Waals surface area contributed by atoms with E-state index in [2.05, 4.69) is 10.6 Å². The number of carbonyl (C=O) groups excluding carboxylic acids is 2. The molecule has 0 atom stereocenters. The third-order valence-electron chi connectivity index (χ3n) is 3.80. The van der Waals surface area contributed by atoms with E-state index >= 15 is 0 Å². The van der Waals surface area contributed by atoms with Gasteiger partial charge in [-0.3, -0.25) is 9.59 Å². The van der Waals surface area contributed by atoms with Crippen molar-refractivity contribution in [3.63, 3.8) is 0 Å². The standard InChI is InChI=1S/C19H19N3O3/c1-14-6-7-15(11-17(14)22-8-2-3-9-22)19(24)21-13-18(23)20-12-16-5-4-10-25-16/h2-11H,12-13H2,1H3,(H,20,23)(H,21,24). The molecule has 0 aliphatic carbocycles. The molecular formula is C19H19N3O3. The minimum atomic E-state index is -0.290. The number of amides is 2. The summed E-state index contributed by atoms with van der Waals surface area (Å²) in [7, 11) is 0. The van der Waals surface area contributed by atoms with Crippen LogP contribution in [0.1, 0.15) is 21.7 Å². The Labute approximate surface area is 145 Å². The molecule has 0 saturated carbocycles. The maximum atomic E-state index is 12.3. The average Bonchev–Trinajstić information content (AvgIpc) is 3.31. The van der Waals surface area contributed by atoms with E-state index in [-0.39, 0.29) is 18.4 Å². The van der Waals surface area contributed by atoms with Crippen molar-refractivity contribution in [2.75, 3.05) is 6.54 Å². The predicted octanol–water partition coefficient (Wildman–Crippen LogP) is 2.42. The highest BCUT2D eigenvalue weighted by molar-refractivity contribution is 5.97. The third-order valence-corrected chi connectivity index (χ3v) is 3.80. The van der Waals surface area contributed by atoms with Crippen LogP contribution in [0, 0.1) is 6.92 Å². The molecule has 2 heterocycles. The maximum Gasteiger partial charge on any atom is 0.251 e. The van der Waals surface area contributed by atoms with Crippen LogP contribution in [0.25, 0.3) is 5.69 Å². The Morgan fingerprint density at radius 1 is 1.08 bits per heavy atom. The molecule has 0 fully saturated rings. The van der Waals surface area contributed by atoms with Crippen molar-refractivity contribution < 1.29 is 14.0 Å². The van der Waals surface area contributed by atoms with E-state index in [0.29, 0.717) is 17.9 Å². The number of hydrogen-bond donors (Lipinski definition) is 2. The van der Waals surface area contributed by atoms with Crippen LogP contribution in [-0.4, -0.2) is 22.9 Å². The minimum Gasteiger partial charge on any atom is -0.467 e. The largest absolute Gasteiger partial charge is 0.467 e. The summed E-state index contributed by atoms with van der Waals surface area (Å²) in [6, 6.07) is 12.8. The Bertz CT molecular complexity index is 852.